The molecule has 1 aromatic carbocycles. The van der Waals surface area contributed by atoms with Gasteiger partial charge < -0.3 is 4.74 Å². The first-order valence-corrected chi connectivity index (χ1v) is 7.31. The number of likely N-dealkylation sites (tertiary alicyclic amines) is 1. The number of methoxy groups -OCH3 is 1. The summed E-state index contributed by atoms with van der Waals surface area (Å²) in [6.45, 7) is 2.81. The Kier molecular flexibility index (Phi) is 5.00. The van der Waals surface area contributed by atoms with Gasteiger partial charge in [0.25, 0.3) is 0 Å². The molecule has 0 N–H and O–H groups in total. The van der Waals surface area contributed by atoms with E-state index < -0.39 is 0 Å². The smallest absolute Gasteiger partial charge is 0.309 e. The number of ether oxygens (including phenoxy) is 1. The fraction of sp³-hybridized carbons (Fsp3) is 0.500. The maximum Gasteiger partial charge on any atom is 0.309 e. The predicted molar refractivity (Wildman–Crippen MR) is 79.2 cm³/mol. The number of hydrogen-bond acceptors (Lipinski definition) is 3. The Labute approximate surface area is 122 Å². The molecule has 0 amide bonds. The van der Waals surface area contributed by atoms with E-state index in [1.807, 2.05) is 0 Å². The zero-order valence-electron chi connectivity index (χ0n) is 10.6. The van der Waals surface area contributed by atoms with Crippen LogP contribution in [0.2, 0.25) is 0 Å². The van der Waals surface area contributed by atoms with Crippen molar-refractivity contribution in [1.82, 2.24) is 4.90 Å². The minimum Gasteiger partial charge on any atom is -0.469 e. The molecule has 98 valence electrons. The number of benzene rings is 1. The first-order chi connectivity index (χ1) is 8.69. The van der Waals surface area contributed by atoms with Crippen LogP contribution in [-0.4, -0.2) is 31.1 Å². The van der Waals surface area contributed by atoms with Gasteiger partial charge in [0.15, 0.2) is 0 Å². The zero-order chi connectivity index (χ0) is 13.0. The van der Waals surface area contributed by atoms with Crippen molar-refractivity contribution in [2.24, 2.45) is 5.92 Å². The second-order valence-electron chi connectivity index (χ2n) is 4.72. The number of halogens is 1. The summed E-state index contributed by atoms with van der Waals surface area (Å²) >= 11 is 2.31. The van der Waals surface area contributed by atoms with Crippen molar-refractivity contribution in [2.75, 3.05) is 20.2 Å². The van der Waals surface area contributed by atoms with Gasteiger partial charge in [-0.15, -0.1) is 0 Å². The summed E-state index contributed by atoms with van der Waals surface area (Å²) in [4.78, 5) is 13.9. The maximum absolute atomic E-state index is 11.6. The van der Waals surface area contributed by atoms with Crippen molar-refractivity contribution in [2.45, 2.75) is 19.4 Å². The van der Waals surface area contributed by atoms with Crippen molar-refractivity contribution in [1.29, 1.82) is 0 Å². The van der Waals surface area contributed by atoms with Gasteiger partial charge in [0.1, 0.15) is 0 Å². The molecule has 1 fully saturated rings. The van der Waals surface area contributed by atoms with E-state index in [9.17, 15) is 4.79 Å². The van der Waals surface area contributed by atoms with Gasteiger partial charge in [0.2, 0.25) is 0 Å². The molecule has 0 unspecified atom stereocenters. The van der Waals surface area contributed by atoms with Crippen molar-refractivity contribution >= 4 is 28.6 Å². The molecule has 1 saturated heterocycles. The van der Waals surface area contributed by atoms with Crippen LogP contribution < -0.4 is 0 Å². The van der Waals surface area contributed by atoms with E-state index in [2.05, 4.69) is 51.8 Å². The standard InChI is InChI=1S/C14H18INO2/c1-18-14(17)12-3-2-8-16(10-12)9-11-4-6-13(15)7-5-11/h4-7,12H,2-3,8-10H2,1H3/t12-/m0/s1. The van der Waals surface area contributed by atoms with Crippen LogP contribution in [0, 0.1) is 9.49 Å². The van der Waals surface area contributed by atoms with Gasteiger partial charge in [-0.25, -0.2) is 0 Å². The van der Waals surface area contributed by atoms with Crippen LogP contribution in [0.1, 0.15) is 18.4 Å². The minimum atomic E-state index is -0.0673. The Hall–Kier alpha value is -0.620. The lowest BCUT2D eigenvalue weighted by molar-refractivity contribution is -0.147. The van der Waals surface area contributed by atoms with Crippen LogP contribution in [0.4, 0.5) is 0 Å². The third-order valence-electron chi connectivity index (χ3n) is 3.36. The van der Waals surface area contributed by atoms with Gasteiger partial charge in [-0.05, 0) is 59.7 Å². The number of carbonyl (C=O) groups excluding carboxylic acids is 1. The summed E-state index contributed by atoms with van der Waals surface area (Å²) in [6.07, 6.45) is 2.03. The summed E-state index contributed by atoms with van der Waals surface area (Å²) in [7, 11) is 1.47. The molecule has 4 heteroatoms. The van der Waals surface area contributed by atoms with E-state index in [1.165, 1.54) is 16.2 Å². The molecule has 0 saturated carbocycles. The molecule has 0 bridgehead atoms. The lowest BCUT2D eigenvalue weighted by Crippen LogP contribution is -2.38. The number of piperidine rings is 1. The Morgan fingerprint density at radius 1 is 1.44 bits per heavy atom. The highest BCUT2D eigenvalue weighted by molar-refractivity contribution is 14.1. The molecular weight excluding hydrogens is 341 g/mol. The monoisotopic (exact) mass is 359 g/mol. The van der Waals surface area contributed by atoms with Gasteiger partial charge in [0.05, 0.1) is 13.0 Å². The molecule has 1 aliphatic rings. The van der Waals surface area contributed by atoms with Crippen LogP contribution >= 0.6 is 22.6 Å². The fourth-order valence-corrected chi connectivity index (χ4v) is 2.77. The lowest BCUT2D eigenvalue weighted by atomic mass is 9.98. The van der Waals surface area contributed by atoms with Crippen molar-refractivity contribution < 1.29 is 9.53 Å². The highest BCUT2D eigenvalue weighted by atomic mass is 127. The van der Waals surface area contributed by atoms with Crippen molar-refractivity contribution in [3.63, 3.8) is 0 Å². The van der Waals surface area contributed by atoms with Gasteiger partial charge in [-0.1, -0.05) is 12.1 Å². The molecule has 2 rings (SSSR count). The normalized spacial score (nSPS) is 20.7. The van der Waals surface area contributed by atoms with Crippen LogP contribution in [0.25, 0.3) is 0 Å². The molecule has 1 aromatic rings. The molecular formula is C14H18INO2. The van der Waals surface area contributed by atoms with Crippen molar-refractivity contribution in [3.8, 4) is 0 Å². The molecule has 0 aromatic heterocycles. The molecule has 0 radical (unpaired) electrons. The maximum atomic E-state index is 11.6. The molecule has 18 heavy (non-hydrogen) atoms. The van der Waals surface area contributed by atoms with E-state index in [0.29, 0.717) is 0 Å². The average Bonchev–Trinajstić information content (AvgIpc) is 2.41. The third kappa shape index (κ3) is 3.68. The molecule has 1 heterocycles. The predicted octanol–water partition coefficient (Wildman–Crippen LogP) is 2.68. The topological polar surface area (TPSA) is 29.5 Å². The van der Waals surface area contributed by atoms with E-state index in [-0.39, 0.29) is 11.9 Å². The summed E-state index contributed by atoms with van der Waals surface area (Å²) in [6, 6.07) is 8.56. The first-order valence-electron chi connectivity index (χ1n) is 6.23. The SMILES string of the molecule is COC(=O)[C@H]1CCCN(Cc2ccc(I)cc2)C1. The van der Waals surface area contributed by atoms with Gasteiger partial charge in [-0.2, -0.15) is 0 Å². The quantitative estimate of drug-likeness (QED) is 0.614. The van der Waals surface area contributed by atoms with Crippen LogP contribution in [-0.2, 0) is 16.1 Å². The van der Waals surface area contributed by atoms with E-state index >= 15 is 0 Å². The van der Waals surface area contributed by atoms with Gasteiger partial charge in [-0.3, -0.25) is 9.69 Å². The Morgan fingerprint density at radius 2 is 2.17 bits per heavy atom. The third-order valence-corrected chi connectivity index (χ3v) is 4.08. The Morgan fingerprint density at radius 3 is 2.83 bits per heavy atom. The molecule has 0 spiro atoms. The Balaban J connectivity index is 1.93. The first kappa shape index (κ1) is 13.8. The second kappa shape index (κ2) is 6.52. The number of esters is 1. The van der Waals surface area contributed by atoms with E-state index in [4.69, 9.17) is 4.74 Å². The summed E-state index contributed by atoms with van der Waals surface area (Å²) in [5.74, 6) is -0.0186. The largest absolute Gasteiger partial charge is 0.469 e. The van der Waals surface area contributed by atoms with Crippen molar-refractivity contribution in [3.05, 3.63) is 33.4 Å². The second-order valence-corrected chi connectivity index (χ2v) is 5.97. The molecule has 3 nitrogen and oxygen atoms in total. The number of rotatable bonds is 3. The summed E-state index contributed by atoms with van der Waals surface area (Å²) in [5.41, 5.74) is 1.31. The summed E-state index contributed by atoms with van der Waals surface area (Å²) in [5, 5.41) is 0. The van der Waals surface area contributed by atoms with E-state index in [1.54, 1.807) is 0 Å². The van der Waals surface area contributed by atoms with Gasteiger partial charge >= 0.3 is 5.97 Å². The zero-order valence-corrected chi connectivity index (χ0v) is 12.7. The van der Waals surface area contributed by atoms with Crippen LogP contribution in [0.15, 0.2) is 24.3 Å². The molecule has 1 atom stereocenters. The minimum absolute atomic E-state index is 0.0487. The van der Waals surface area contributed by atoms with Gasteiger partial charge in [0, 0.05) is 16.7 Å². The fourth-order valence-electron chi connectivity index (χ4n) is 2.41. The van der Waals surface area contributed by atoms with E-state index in [0.717, 1.165) is 32.5 Å². The molecule has 0 aliphatic carbocycles. The Bertz CT molecular complexity index is 405. The van der Waals surface area contributed by atoms with Crippen LogP contribution in [0.5, 0.6) is 0 Å². The summed E-state index contributed by atoms with van der Waals surface area (Å²) < 4.78 is 6.09. The lowest BCUT2D eigenvalue weighted by Gasteiger charge is -2.31. The highest BCUT2D eigenvalue weighted by Gasteiger charge is 2.26. The number of carbonyl (C=O) groups is 1. The van der Waals surface area contributed by atoms with Crippen LogP contribution in [0.3, 0.4) is 0 Å². The number of hydrogen-bond donors (Lipinski definition) is 0. The molecule has 1 aliphatic heterocycles. The average molecular weight is 359 g/mol. The number of nitrogens with zero attached hydrogens (tertiary/aromatic N) is 1. The highest BCUT2D eigenvalue weighted by Crippen LogP contribution is 2.20.